The summed E-state index contributed by atoms with van der Waals surface area (Å²) in [7, 11) is 0. The first-order valence-electron chi connectivity index (χ1n) is 4.49. The number of hydrogen-bond donors (Lipinski definition) is 1. The van der Waals surface area contributed by atoms with E-state index in [2.05, 4.69) is 20.9 Å². The Morgan fingerprint density at radius 1 is 1.31 bits per heavy atom. The third-order valence-electron chi connectivity index (χ3n) is 1.83. The Morgan fingerprint density at radius 3 is 2.81 bits per heavy atom. The summed E-state index contributed by atoms with van der Waals surface area (Å²) in [5, 5.41) is 0. The van der Waals surface area contributed by atoms with Crippen molar-refractivity contribution in [1.29, 1.82) is 0 Å². The molecule has 16 heavy (non-hydrogen) atoms. The van der Waals surface area contributed by atoms with Gasteiger partial charge in [-0.1, -0.05) is 15.9 Å². The Labute approximate surface area is 100 Å². The third-order valence-corrected chi connectivity index (χ3v) is 2.29. The Balaban J connectivity index is 2.30. The summed E-state index contributed by atoms with van der Waals surface area (Å²) in [5.74, 6) is -0.148. The zero-order valence-electron chi connectivity index (χ0n) is 8.15. The molecule has 3 nitrogen and oxygen atoms in total. The number of halogens is 2. The van der Waals surface area contributed by atoms with Crippen LogP contribution < -0.4 is 10.5 Å². The van der Waals surface area contributed by atoms with Crippen molar-refractivity contribution in [1.82, 2.24) is 4.98 Å². The monoisotopic (exact) mass is 282 g/mol. The topological polar surface area (TPSA) is 48.1 Å². The number of nitrogens with zero attached hydrogens (tertiary/aromatic N) is 1. The molecule has 2 rings (SSSR count). The van der Waals surface area contributed by atoms with E-state index in [4.69, 9.17) is 10.5 Å². The molecule has 0 aliphatic rings. The van der Waals surface area contributed by atoms with Gasteiger partial charge in [0.1, 0.15) is 5.75 Å². The van der Waals surface area contributed by atoms with Crippen molar-refractivity contribution >= 4 is 21.6 Å². The zero-order chi connectivity index (χ0) is 11.5. The molecule has 0 aliphatic carbocycles. The van der Waals surface area contributed by atoms with Crippen molar-refractivity contribution in [3.63, 3.8) is 0 Å². The van der Waals surface area contributed by atoms with Crippen molar-refractivity contribution in [3.05, 3.63) is 46.8 Å². The van der Waals surface area contributed by atoms with Gasteiger partial charge in [0.25, 0.3) is 5.88 Å². The molecule has 0 radical (unpaired) electrons. The first-order chi connectivity index (χ1) is 7.65. The average molecular weight is 283 g/mol. The highest BCUT2D eigenvalue weighted by molar-refractivity contribution is 9.10. The highest BCUT2D eigenvalue weighted by atomic mass is 79.9. The van der Waals surface area contributed by atoms with Crippen molar-refractivity contribution in [3.8, 4) is 11.6 Å². The third kappa shape index (κ3) is 2.49. The molecule has 0 amide bonds. The summed E-state index contributed by atoms with van der Waals surface area (Å²) in [5.41, 5.74) is 6.16. The number of anilines is 1. The number of ether oxygens (including phenoxy) is 1. The Morgan fingerprint density at radius 2 is 2.12 bits per heavy atom. The van der Waals surface area contributed by atoms with Gasteiger partial charge in [0.05, 0.1) is 0 Å². The minimum Gasteiger partial charge on any atom is -0.436 e. The van der Waals surface area contributed by atoms with Crippen LogP contribution in [0.1, 0.15) is 0 Å². The second-order valence-electron chi connectivity index (χ2n) is 3.11. The molecule has 1 aromatic carbocycles. The lowest BCUT2D eigenvalue weighted by atomic mass is 10.3. The van der Waals surface area contributed by atoms with Crippen LogP contribution in [0.4, 0.5) is 10.1 Å². The first-order valence-corrected chi connectivity index (χ1v) is 5.29. The number of pyridine rings is 1. The van der Waals surface area contributed by atoms with Crippen molar-refractivity contribution < 1.29 is 9.13 Å². The smallest absolute Gasteiger partial charge is 0.255 e. The largest absolute Gasteiger partial charge is 0.436 e. The van der Waals surface area contributed by atoms with Crippen LogP contribution in [0.15, 0.2) is 41.0 Å². The molecule has 82 valence electrons. The lowest BCUT2D eigenvalue weighted by Gasteiger charge is -2.06. The second kappa shape index (κ2) is 4.49. The van der Waals surface area contributed by atoms with Crippen molar-refractivity contribution in [2.24, 2.45) is 0 Å². The molecule has 1 aromatic heterocycles. The van der Waals surface area contributed by atoms with E-state index < -0.39 is 5.82 Å². The highest BCUT2D eigenvalue weighted by Gasteiger charge is 2.06. The van der Waals surface area contributed by atoms with Crippen LogP contribution in [0.25, 0.3) is 0 Å². The fourth-order valence-electron chi connectivity index (χ4n) is 1.20. The van der Waals surface area contributed by atoms with Gasteiger partial charge in [0, 0.05) is 22.4 Å². The van der Waals surface area contributed by atoms with Gasteiger partial charge < -0.3 is 10.5 Å². The molecule has 0 unspecified atom stereocenters. The molecule has 0 bridgehead atoms. The van der Waals surface area contributed by atoms with Crippen LogP contribution in [0.3, 0.4) is 0 Å². The fourth-order valence-corrected chi connectivity index (χ4v) is 1.69. The summed E-state index contributed by atoms with van der Waals surface area (Å²) < 4.78 is 19.3. The molecule has 5 heteroatoms. The number of benzene rings is 1. The fraction of sp³-hybridized carbons (Fsp3) is 0. The van der Waals surface area contributed by atoms with E-state index >= 15 is 0 Å². The van der Waals surface area contributed by atoms with Crippen LogP contribution in [0, 0.1) is 5.82 Å². The number of aromatic nitrogens is 1. The normalized spacial score (nSPS) is 10.1. The Bertz CT molecular complexity index is 499. The molecule has 0 saturated heterocycles. The predicted molar refractivity (Wildman–Crippen MR) is 62.8 cm³/mol. The number of nitrogen functional groups attached to an aromatic ring is 1. The molecule has 0 saturated carbocycles. The number of hydrogen-bond acceptors (Lipinski definition) is 3. The van der Waals surface area contributed by atoms with E-state index in [0.717, 1.165) is 4.47 Å². The van der Waals surface area contributed by atoms with E-state index in [1.807, 2.05) is 0 Å². The van der Waals surface area contributed by atoms with Crippen LogP contribution in [0.2, 0.25) is 0 Å². The van der Waals surface area contributed by atoms with Gasteiger partial charge in [0.15, 0.2) is 5.82 Å². The molecule has 0 atom stereocenters. The van der Waals surface area contributed by atoms with Gasteiger partial charge in [-0.3, -0.25) is 0 Å². The quantitative estimate of drug-likeness (QED) is 0.860. The molecule has 0 spiro atoms. The molecule has 0 fully saturated rings. The molecule has 2 aromatic rings. The molecular weight excluding hydrogens is 275 g/mol. The maximum atomic E-state index is 13.2. The first kappa shape index (κ1) is 10.9. The van der Waals surface area contributed by atoms with E-state index in [-0.39, 0.29) is 5.88 Å². The molecule has 1 heterocycles. The van der Waals surface area contributed by atoms with E-state index in [1.54, 1.807) is 18.2 Å². The standard InChI is InChI=1S/C11H8BrFN2O/c12-7-4-8(14)6-9(5-7)16-11-10(13)2-1-3-15-11/h1-6H,14H2. The molecular formula is C11H8BrFN2O. The maximum Gasteiger partial charge on any atom is 0.255 e. The second-order valence-corrected chi connectivity index (χ2v) is 4.03. The van der Waals surface area contributed by atoms with Gasteiger partial charge in [0.2, 0.25) is 0 Å². The van der Waals surface area contributed by atoms with Crippen molar-refractivity contribution in [2.75, 3.05) is 5.73 Å². The SMILES string of the molecule is Nc1cc(Br)cc(Oc2ncccc2F)c1. The predicted octanol–water partition coefficient (Wildman–Crippen LogP) is 3.36. The lowest BCUT2D eigenvalue weighted by molar-refractivity contribution is 0.423. The van der Waals surface area contributed by atoms with Crippen LogP contribution in [-0.2, 0) is 0 Å². The lowest BCUT2D eigenvalue weighted by Crippen LogP contribution is -1.92. The Kier molecular flexibility index (Phi) is 3.05. The summed E-state index contributed by atoms with van der Waals surface area (Å²) >= 11 is 3.27. The van der Waals surface area contributed by atoms with Gasteiger partial charge in [-0.05, 0) is 24.3 Å². The number of rotatable bonds is 2. The van der Waals surface area contributed by atoms with Gasteiger partial charge in [-0.25, -0.2) is 9.37 Å². The van der Waals surface area contributed by atoms with Gasteiger partial charge in [-0.2, -0.15) is 0 Å². The maximum absolute atomic E-state index is 13.2. The summed E-state index contributed by atoms with van der Waals surface area (Å²) in [4.78, 5) is 3.78. The van der Waals surface area contributed by atoms with E-state index in [0.29, 0.717) is 11.4 Å². The number of nitrogens with two attached hydrogens (primary N) is 1. The van der Waals surface area contributed by atoms with Crippen LogP contribution in [0.5, 0.6) is 11.6 Å². The highest BCUT2D eigenvalue weighted by Crippen LogP contribution is 2.27. The summed E-state index contributed by atoms with van der Waals surface area (Å²) in [6.07, 6.45) is 1.46. The molecule has 0 aliphatic heterocycles. The summed E-state index contributed by atoms with van der Waals surface area (Å²) in [6, 6.07) is 7.78. The Hall–Kier alpha value is -1.62. The van der Waals surface area contributed by atoms with Gasteiger partial charge >= 0.3 is 0 Å². The van der Waals surface area contributed by atoms with Crippen LogP contribution in [-0.4, -0.2) is 4.98 Å². The minimum atomic E-state index is -0.513. The van der Waals surface area contributed by atoms with E-state index in [1.165, 1.54) is 18.3 Å². The summed E-state index contributed by atoms with van der Waals surface area (Å²) in [6.45, 7) is 0. The minimum absolute atomic E-state index is 0.0694. The van der Waals surface area contributed by atoms with Crippen molar-refractivity contribution in [2.45, 2.75) is 0 Å². The molecule has 2 N–H and O–H groups in total. The zero-order valence-corrected chi connectivity index (χ0v) is 9.74. The van der Waals surface area contributed by atoms with Crippen LogP contribution >= 0.6 is 15.9 Å². The van der Waals surface area contributed by atoms with Gasteiger partial charge in [-0.15, -0.1) is 0 Å². The average Bonchev–Trinajstić information content (AvgIpc) is 2.20. The van der Waals surface area contributed by atoms with E-state index in [9.17, 15) is 4.39 Å².